The van der Waals surface area contributed by atoms with Gasteiger partial charge in [0.05, 0.1) is 6.07 Å². The number of nitrogens with zero attached hydrogens (tertiary/aromatic N) is 1. The standard InChI is InChI=1S/C8H13NOS/c1-2-10-8(5-9)7-3-4-11-6-7/h7-8H,2-4,6H2,1H3. The molecule has 1 fully saturated rings. The van der Waals surface area contributed by atoms with Gasteiger partial charge in [-0.1, -0.05) is 0 Å². The summed E-state index contributed by atoms with van der Waals surface area (Å²) in [7, 11) is 0. The van der Waals surface area contributed by atoms with Gasteiger partial charge < -0.3 is 4.74 Å². The Morgan fingerprint density at radius 2 is 2.64 bits per heavy atom. The van der Waals surface area contributed by atoms with Crippen molar-refractivity contribution >= 4 is 11.8 Å². The second-order valence-electron chi connectivity index (χ2n) is 2.63. The highest BCUT2D eigenvalue weighted by atomic mass is 32.2. The average molecular weight is 171 g/mol. The molecule has 1 heterocycles. The van der Waals surface area contributed by atoms with E-state index in [4.69, 9.17) is 10.00 Å². The van der Waals surface area contributed by atoms with Crippen molar-refractivity contribution in [1.29, 1.82) is 5.26 Å². The minimum absolute atomic E-state index is 0.157. The summed E-state index contributed by atoms with van der Waals surface area (Å²) in [4.78, 5) is 0. The van der Waals surface area contributed by atoms with Crippen molar-refractivity contribution in [2.75, 3.05) is 18.1 Å². The summed E-state index contributed by atoms with van der Waals surface area (Å²) in [6.45, 7) is 2.59. The summed E-state index contributed by atoms with van der Waals surface area (Å²) >= 11 is 1.92. The predicted molar refractivity (Wildman–Crippen MR) is 46.5 cm³/mol. The fraction of sp³-hybridized carbons (Fsp3) is 0.875. The molecule has 1 rings (SSSR count). The largest absolute Gasteiger partial charge is 0.363 e. The van der Waals surface area contributed by atoms with Crippen molar-refractivity contribution in [3.05, 3.63) is 0 Å². The molecule has 3 heteroatoms. The Labute approximate surface area is 71.9 Å². The molecule has 0 saturated carbocycles. The monoisotopic (exact) mass is 171 g/mol. The van der Waals surface area contributed by atoms with E-state index in [0.29, 0.717) is 12.5 Å². The molecule has 2 unspecified atom stereocenters. The summed E-state index contributed by atoms with van der Waals surface area (Å²) < 4.78 is 5.30. The lowest BCUT2D eigenvalue weighted by atomic mass is 10.0. The summed E-state index contributed by atoms with van der Waals surface area (Å²) in [5.41, 5.74) is 0. The summed E-state index contributed by atoms with van der Waals surface area (Å²) in [5, 5.41) is 8.73. The number of ether oxygens (including phenoxy) is 1. The van der Waals surface area contributed by atoms with Crippen molar-refractivity contribution < 1.29 is 4.74 Å². The van der Waals surface area contributed by atoms with E-state index in [0.717, 1.165) is 12.2 Å². The van der Waals surface area contributed by atoms with E-state index in [9.17, 15) is 0 Å². The Bertz CT molecular complexity index is 149. The Morgan fingerprint density at radius 3 is 3.09 bits per heavy atom. The number of rotatable bonds is 3. The van der Waals surface area contributed by atoms with Gasteiger partial charge >= 0.3 is 0 Å². The van der Waals surface area contributed by atoms with Crippen molar-refractivity contribution in [3.8, 4) is 6.07 Å². The van der Waals surface area contributed by atoms with E-state index >= 15 is 0 Å². The van der Waals surface area contributed by atoms with Gasteiger partial charge in [0.1, 0.15) is 6.10 Å². The minimum Gasteiger partial charge on any atom is -0.363 e. The first-order valence-electron chi connectivity index (χ1n) is 3.97. The zero-order valence-corrected chi connectivity index (χ0v) is 7.56. The smallest absolute Gasteiger partial charge is 0.147 e. The molecular weight excluding hydrogens is 158 g/mol. The zero-order chi connectivity index (χ0) is 8.10. The fourth-order valence-corrected chi connectivity index (χ4v) is 2.53. The molecule has 1 saturated heterocycles. The second-order valence-corrected chi connectivity index (χ2v) is 3.78. The lowest BCUT2D eigenvalue weighted by Gasteiger charge is -2.14. The number of thioether (sulfide) groups is 1. The molecule has 0 aromatic rings. The minimum atomic E-state index is -0.157. The Kier molecular flexibility index (Phi) is 3.74. The molecule has 0 aromatic carbocycles. The zero-order valence-electron chi connectivity index (χ0n) is 6.75. The molecule has 0 radical (unpaired) electrons. The van der Waals surface area contributed by atoms with Gasteiger partial charge in [-0.05, 0) is 24.9 Å². The van der Waals surface area contributed by atoms with Crippen molar-refractivity contribution in [3.63, 3.8) is 0 Å². The highest BCUT2D eigenvalue weighted by Gasteiger charge is 2.25. The molecule has 2 atom stereocenters. The van der Waals surface area contributed by atoms with E-state index < -0.39 is 0 Å². The van der Waals surface area contributed by atoms with E-state index in [1.54, 1.807) is 0 Å². The van der Waals surface area contributed by atoms with Gasteiger partial charge in [0.25, 0.3) is 0 Å². The van der Waals surface area contributed by atoms with Crippen molar-refractivity contribution in [1.82, 2.24) is 0 Å². The Balaban J connectivity index is 2.35. The second kappa shape index (κ2) is 4.63. The van der Waals surface area contributed by atoms with Crippen LogP contribution in [-0.2, 0) is 4.74 Å². The molecule has 1 aliphatic heterocycles. The van der Waals surface area contributed by atoms with Gasteiger partial charge in [0, 0.05) is 12.5 Å². The maximum atomic E-state index is 8.73. The molecule has 0 amide bonds. The molecule has 0 spiro atoms. The molecular formula is C8H13NOS. The quantitative estimate of drug-likeness (QED) is 0.647. The number of nitriles is 1. The van der Waals surface area contributed by atoms with Crippen LogP contribution >= 0.6 is 11.8 Å². The SMILES string of the molecule is CCOC(C#N)C1CCSC1. The van der Waals surface area contributed by atoms with Crippen LogP contribution in [-0.4, -0.2) is 24.2 Å². The van der Waals surface area contributed by atoms with Gasteiger partial charge in [-0.15, -0.1) is 0 Å². The normalized spacial score (nSPS) is 26.4. The van der Waals surface area contributed by atoms with Gasteiger partial charge in [-0.25, -0.2) is 0 Å². The summed E-state index contributed by atoms with van der Waals surface area (Å²) in [5.74, 6) is 2.76. The van der Waals surface area contributed by atoms with Crippen LogP contribution < -0.4 is 0 Å². The van der Waals surface area contributed by atoms with Crippen LogP contribution in [0.1, 0.15) is 13.3 Å². The number of hydrogen-bond donors (Lipinski definition) is 0. The van der Waals surface area contributed by atoms with Crippen LogP contribution in [0.15, 0.2) is 0 Å². The molecule has 0 aromatic heterocycles. The van der Waals surface area contributed by atoms with E-state index in [1.165, 1.54) is 5.75 Å². The van der Waals surface area contributed by atoms with E-state index in [-0.39, 0.29) is 6.10 Å². The van der Waals surface area contributed by atoms with Crippen LogP contribution in [0.5, 0.6) is 0 Å². The summed E-state index contributed by atoms with van der Waals surface area (Å²) in [6, 6.07) is 2.21. The summed E-state index contributed by atoms with van der Waals surface area (Å²) in [6.07, 6.45) is 0.984. The first kappa shape index (κ1) is 8.89. The Hall–Kier alpha value is -0.200. The van der Waals surface area contributed by atoms with Crippen molar-refractivity contribution in [2.45, 2.75) is 19.4 Å². The average Bonchev–Trinajstić information content (AvgIpc) is 2.52. The predicted octanol–water partition coefficient (Wildman–Crippen LogP) is 1.67. The third kappa shape index (κ3) is 2.39. The molecule has 1 aliphatic rings. The van der Waals surface area contributed by atoms with Gasteiger partial charge in [-0.2, -0.15) is 17.0 Å². The van der Waals surface area contributed by atoms with E-state index in [1.807, 2.05) is 18.7 Å². The van der Waals surface area contributed by atoms with Crippen LogP contribution in [0, 0.1) is 17.2 Å². The van der Waals surface area contributed by atoms with Crippen LogP contribution in [0.2, 0.25) is 0 Å². The van der Waals surface area contributed by atoms with Gasteiger partial charge in [0.15, 0.2) is 0 Å². The maximum absolute atomic E-state index is 8.73. The lowest BCUT2D eigenvalue weighted by Crippen LogP contribution is -2.21. The lowest BCUT2D eigenvalue weighted by molar-refractivity contribution is 0.0667. The molecule has 0 aliphatic carbocycles. The highest BCUT2D eigenvalue weighted by molar-refractivity contribution is 7.99. The first-order chi connectivity index (χ1) is 5.38. The van der Waals surface area contributed by atoms with E-state index in [2.05, 4.69) is 6.07 Å². The first-order valence-corrected chi connectivity index (χ1v) is 5.13. The molecule has 2 nitrogen and oxygen atoms in total. The maximum Gasteiger partial charge on any atom is 0.147 e. The van der Waals surface area contributed by atoms with Crippen LogP contribution in [0.25, 0.3) is 0 Å². The third-order valence-corrected chi connectivity index (χ3v) is 3.05. The fourth-order valence-electron chi connectivity index (χ4n) is 1.25. The number of hydrogen-bond acceptors (Lipinski definition) is 3. The van der Waals surface area contributed by atoms with Crippen molar-refractivity contribution in [2.24, 2.45) is 5.92 Å². The highest BCUT2D eigenvalue weighted by Crippen LogP contribution is 2.27. The van der Waals surface area contributed by atoms with Gasteiger partial charge in [0.2, 0.25) is 0 Å². The Morgan fingerprint density at radius 1 is 1.82 bits per heavy atom. The topological polar surface area (TPSA) is 33.0 Å². The molecule has 0 N–H and O–H groups in total. The van der Waals surface area contributed by atoms with Crippen LogP contribution in [0.3, 0.4) is 0 Å². The molecule has 0 bridgehead atoms. The molecule has 62 valence electrons. The molecule has 11 heavy (non-hydrogen) atoms. The third-order valence-electron chi connectivity index (χ3n) is 1.87. The van der Waals surface area contributed by atoms with Crippen LogP contribution in [0.4, 0.5) is 0 Å². The van der Waals surface area contributed by atoms with Gasteiger partial charge in [-0.3, -0.25) is 0 Å².